The minimum absolute atomic E-state index is 0.0608. The first-order valence-corrected chi connectivity index (χ1v) is 9.30. The number of nitrogens with one attached hydrogen (secondary N) is 2. The Morgan fingerprint density at radius 1 is 1.28 bits per heavy atom. The van der Waals surface area contributed by atoms with E-state index in [1.807, 2.05) is 0 Å². The lowest BCUT2D eigenvalue weighted by Crippen LogP contribution is -2.48. The normalized spacial score (nSPS) is 25.9. The van der Waals surface area contributed by atoms with Gasteiger partial charge < -0.3 is 10.2 Å². The van der Waals surface area contributed by atoms with E-state index in [4.69, 9.17) is 4.55 Å². The summed E-state index contributed by atoms with van der Waals surface area (Å²) >= 11 is 0. The molecule has 3 fully saturated rings. The predicted molar refractivity (Wildman–Crippen MR) is 84.0 cm³/mol. The molecular formula is C12H21N5O7S. The van der Waals surface area contributed by atoms with Crippen LogP contribution in [-0.4, -0.2) is 66.6 Å². The van der Waals surface area contributed by atoms with Crippen molar-refractivity contribution in [1.82, 2.24) is 20.7 Å². The second-order valence-corrected chi connectivity index (χ2v) is 6.89. The highest BCUT2D eigenvalue weighted by Gasteiger charge is 2.49. The summed E-state index contributed by atoms with van der Waals surface area (Å²) in [5.41, 5.74) is 1.69. The van der Waals surface area contributed by atoms with Gasteiger partial charge in [-0.1, -0.05) is 6.42 Å². The number of rotatable bonds is 4. The quantitative estimate of drug-likeness (QED) is 0.336. The molecule has 0 spiro atoms. The largest absolute Gasteiger partial charge is 0.418 e. The molecule has 0 aromatic carbocycles. The Balaban J connectivity index is 0.000000316. The van der Waals surface area contributed by atoms with Crippen LogP contribution in [0.1, 0.15) is 32.1 Å². The van der Waals surface area contributed by atoms with Crippen LogP contribution in [0.3, 0.4) is 0 Å². The molecule has 0 saturated carbocycles. The number of carbonyl (C=O) groups excluding carboxylic acids is 2. The first kappa shape index (κ1) is 19.5. The van der Waals surface area contributed by atoms with Crippen molar-refractivity contribution in [3.63, 3.8) is 0 Å². The van der Waals surface area contributed by atoms with Crippen molar-refractivity contribution in [3.05, 3.63) is 4.91 Å². The molecule has 3 N–H and O–H groups in total. The van der Waals surface area contributed by atoms with Gasteiger partial charge in [-0.15, -0.1) is 9.19 Å². The topological polar surface area (TPSA) is 158 Å². The first-order valence-electron chi connectivity index (χ1n) is 7.93. The molecular weight excluding hydrogens is 358 g/mol. The van der Waals surface area contributed by atoms with Crippen molar-refractivity contribution < 1.29 is 26.8 Å². The molecule has 3 aliphatic rings. The molecule has 2 bridgehead atoms. The summed E-state index contributed by atoms with van der Waals surface area (Å²) < 4.78 is 34.0. The van der Waals surface area contributed by atoms with Gasteiger partial charge in [0.1, 0.15) is 6.04 Å². The van der Waals surface area contributed by atoms with Crippen molar-refractivity contribution >= 4 is 22.3 Å². The molecule has 12 nitrogen and oxygen atoms in total. The number of hydrogen-bond donors (Lipinski definition) is 3. The standard InChI is InChI=1S/C7H10N4O7S.C5H11N/c12-6(8-9-14)5-2-1-4-3-10(5)7(13)11(4)18-19(15,16)17;1-2-4-6-5-3-1/h4-5H,1-3H2,(H,8,12,14)(H,15,16,17);6H,1-5H2/t4?,5-;/m0./s1. The number of carbonyl (C=O) groups is 2. The molecule has 0 radical (unpaired) electrons. The fourth-order valence-electron chi connectivity index (χ4n) is 3.03. The smallest absolute Gasteiger partial charge is 0.317 e. The SMILES string of the molecule is C1CCNCC1.O=NNC(=O)[C@@H]1CCC2CN1C(=O)N2OS(=O)(=O)O. The summed E-state index contributed by atoms with van der Waals surface area (Å²) in [5, 5.41) is 6.02. The molecule has 0 aromatic rings. The average molecular weight is 379 g/mol. The lowest BCUT2D eigenvalue weighted by molar-refractivity contribution is -0.126. The van der Waals surface area contributed by atoms with Gasteiger partial charge >= 0.3 is 16.4 Å². The Morgan fingerprint density at radius 3 is 2.44 bits per heavy atom. The van der Waals surface area contributed by atoms with Crippen LogP contribution in [-0.2, 0) is 19.5 Å². The van der Waals surface area contributed by atoms with Gasteiger partial charge in [-0.3, -0.25) is 9.35 Å². The first-order chi connectivity index (χ1) is 11.8. The zero-order chi connectivity index (χ0) is 18.4. The van der Waals surface area contributed by atoms with E-state index in [1.165, 1.54) is 32.4 Å². The third-order valence-corrected chi connectivity index (χ3v) is 4.51. The summed E-state index contributed by atoms with van der Waals surface area (Å²) in [6.07, 6.45) is 4.73. The second kappa shape index (κ2) is 8.51. The van der Waals surface area contributed by atoms with Crippen molar-refractivity contribution in [1.29, 1.82) is 0 Å². The fourth-order valence-corrected chi connectivity index (χ4v) is 3.41. The van der Waals surface area contributed by atoms with E-state index in [1.54, 1.807) is 5.43 Å². The Morgan fingerprint density at radius 2 is 1.96 bits per heavy atom. The number of urea groups is 1. The molecule has 3 amide bonds. The number of amides is 3. The van der Waals surface area contributed by atoms with Gasteiger partial charge in [0, 0.05) is 6.54 Å². The van der Waals surface area contributed by atoms with Crippen molar-refractivity contribution in [2.75, 3.05) is 19.6 Å². The molecule has 142 valence electrons. The van der Waals surface area contributed by atoms with Gasteiger partial charge in [0.15, 0.2) is 0 Å². The minimum atomic E-state index is -4.82. The Hall–Kier alpha value is -1.83. The van der Waals surface area contributed by atoms with E-state index < -0.39 is 34.4 Å². The maximum absolute atomic E-state index is 11.8. The average Bonchev–Trinajstić information content (AvgIpc) is 2.81. The molecule has 3 rings (SSSR count). The van der Waals surface area contributed by atoms with Gasteiger partial charge in [-0.2, -0.15) is 13.5 Å². The zero-order valence-electron chi connectivity index (χ0n) is 13.5. The number of hydroxylamine groups is 2. The van der Waals surface area contributed by atoms with E-state index in [9.17, 15) is 22.9 Å². The number of piperidine rings is 2. The molecule has 3 saturated heterocycles. The predicted octanol–water partition coefficient (Wildman–Crippen LogP) is -0.453. The molecule has 3 aliphatic heterocycles. The third kappa shape index (κ3) is 5.32. The third-order valence-electron chi connectivity index (χ3n) is 4.16. The summed E-state index contributed by atoms with van der Waals surface area (Å²) in [4.78, 5) is 34.4. The van der Waals surface area contributed by atoms with Gasteiger partial charge in [0.2, 0.25) is 0 Å². The van der Waals surface area contributed by atoms with Crippen LogP contribution in [0.4, 0.5) is 4.79 Å². The lowest BCUT2D eigenvalue weighted by Gasteiger charge is -2.28. The van der Waals surface area contributed by atoms with E-state index in [0.717, 1.165) is 4.90 Å². The zero-order valence-corrected chi connectivity index (χ0v) is 14.3. The van der Waals surface area contributed by atoms with Gasteiger partial charge in [0.05, 0.1) is 11.3 Å². The monoisotopic (exact) mass is 379 g/mol. The van der Waals surface area contributed by atoms with E-state index >= 15 is 0 Å². The second-order valence-electron chi connectivity index (χ2n) is 5.89. The maximum Gasteiger partial charge on any atom is 0.418 e. The Labute approximate surface area is 144 Å². The lowest BCUT2D eigenvalue weighted by atomic mass is 10.0. The highest BCUT2D eigenvalue weighted by molar-refractivity contribution is 7.80. The van der Waals surface area contributed by atoms with E-state index in [2.05, 4.69) is 14.9 Å². The van der Waals surface area contributed by atoms with Crippen molar-refractivity contribution in [3.8, 4) is 0 Å². The van der Waals surface area contributed by atoms with Gasteiger partial charge in [0.25, 0.3) is 5.91 Å². The molecule has 13 heteroatoms. The number of nitroso groups, excluding NO2 is 1. The van der Waals surface area contributed by atoms with Crippen LogP contribution in [0.15, 0.2) is 5.29 Å². The Bertz CT molecular complexity index is 597. The minimum Gasteiger partial charge on any atom is -0.317 e. The van der Waals surface area contributed by atoms with Crippen molar-refractivity contribution in [2.24, 2.45) is 5.29 Å². The molecule has 1 unspecified atom stereocenters. The molecule has 25 heavy (non-hydrogen) atoms. The van der Waals surface area contributed by atoms with Crippen LogP contribution in [0.5, 0.6) is 0 Å². The number of nitrogens with zero attached hydrogens (tertiary/aromatic N) is 3. The number of fused-ring (bicyclic) bond motifs is 2. The highest BCUT2D eigenvalue weighted by atomic mass is 32.3. The van der Waals surface area contributed by atoms with Crippen LogP contribution >= 0.6 is 0 Å². The van der Waals surface area contributed by atoms with Crippen LogP contribution in [0.2, 0.25) is 0 Å². The van der Waals surface area contributed by atoms with E-state index in [0.29, 0.717) is 5.06 Å². The molecule has 3 heterocycles. The van der Waals surface area contributed by atoms with Crippen LogP contribution in [0, 0.1) is 4.91 Å². The summed E-state index contributed by atoms with van der Waals surface area (Å²) in [5.74, 6) is -0.754. The Kier molecular flexibility index (Phi) is 6.64. The van der Waals surface area contributed by atoms with Gasteiger partial charge in [-0.25, -0.2) is 10.2 Å². The number of hydrogen-bond acceptors (Lipinski definition) is 8. The molecule has 2 atom stereocenters. The van der Waals surface area contributed by atoms with Gasteiger partial charge in [-0.05, 0) is 38.8 Å². The summed E-state index contributed by atoms with van der Waals surface area (Å²) in [7, 11) is -4.82. The highest BCUT2D eigenvalue weighted by Crippen LogP contribution is 2.30. The fraction of sp³-hybridized carbons (Fsp3) is 0.833. The molecule has 0 aliphatic carbocycles. The maximum atomic E-state index is 11.8. The van der Waals surface area contributed by atoms with Crippen LogP contribution in [0.25, 0.3) is 0 Å². The summed E-state index contributed by atoms with van der Waals surface area (Å²) in [6, 6.07) is -2.37. The summed E-state index contributed by atoms with van der Waals surface area (Å²) in [6.45, 7) is 2.56. The van der Waals surface area contributed by atoms with E-state index in [-0.39, 0.29) is 19.4 Å². The van der Waals surface area contributed by atoms with Crippen molar-refractivity contribution in [2.45, 2.75) is 44.2 Å². The molecule has 0 aromatic heterocycles. The van der Waals surface area contributed by atoms with Crippen LogP contribution < -0.4 is 10.7 Å².